The highest BCUT2D eigenvalue weighted by atomic mass is 19.4. The molecule has 0 saturated carbocycles. The topological polar surface area (TPSA) is 546 Å². The number of nitrogens with zero attached hydrogens (tertiary/aromatic N) is 3. The lowest BCUT2D eigenvalue weighted by Gasteiger charge is -2.41. The van der Waals surface area contributed by atoms with E-state index in [1.807, 2.05) is 0 Å². The number of carbonyl (C=O) groups is 11. The van der Waals surface area contributed by atoms with Crippen molar-refractivity contribution in [3.8, 4) is 50.5 Å². The summed E-state index contributed by atoms with van der Waals surface area (Å²) in [6.07, 6.45) is -5.78. The van der Waals surface area contributed by atoms with E-state index < -0.39 is 222 Å². The van der Waals surface area contributed by atoms with Gasteiger partial charge in [-0.3, -0.25) is 78.3 Å². The van der Waals surface area contributed by atoms with E-state index in [1.165, 1.54) is 55.1 Å². The first-order valence-corrected chi connectivity index (χ1v) is 40.5. The molecule has 49 heteroatoms. The molecule has 4 heterocycles. The van der Waals surface area contributed by atoms with Gasteiger partial charge in [0.05, 0.1) is 6.61 Å². The number of nitrogens with two attached hydrogens (primary N) is 3. The Morgan fingerprint density at radius 2 is 1.02 bits per heavy atom. The molecule has 2 aliphatic heterocycles. The zero-order valence-electron chi connectivity index (χ0n) is 70.8. The van der Waals surface area contributed by atoms with E-state index in [1.54, 1.807) is 71.0 Å². The first-order valence-electron chi connectivity index (χ1n) is 40.5. The average Bonchev–Trinajstić information content (AvgIpc) is 0.969. The highest BCUT2D eigenvalue weighted by molar-refractivity contribution is 6.07. The number of rotatable bonds is 45. The average molecular weight is 1870 g/mol. The number of pyridine rings is 2. The van der Waals surface area contributed by atoms with Crippen molar-refractivity contribution in [3.05, 3.63) is 119 Å². The minimum absolute atomic E-state index is 0.00671. The van der Waals surface area contributed by atoms with Gasteiger partial charge < -0.3 is 95.2 Å². The number of alkyl halides is 15. The number of benzene rings is 3. The summed E-state index contributed by atoms with van der Waals surface area (Å²) in [5.74, 6) is -66.7. The number of aromatic nitrogens is 2. The van der Waals surface area contributed by atoms with Crippen LogP contribution < -0.4 is 81.1 Å². The second kappa shape index (κ2) is 44.0. The number of likely N-dealkylation sites (tertiary alicyclic amines) is 1. The lowest BCUT2D eigenvalue weighted by atomic mass is 9.88. The van der Waals surface area contributed by atoms with E-state index >= 15 is 22.4 Å². The molecule has 4 aromatic rings. The summed E-state index contributed by atoms with van der Waals surface area (Å²) < 4.78 is 220. The number of carbonyl (C=O) groups excluding carboxylic acids is 11. The molecule has 8 unspecified atom stereocenters. The van der Waals surface area contributed by atoms with E-state index in [0.717, 1.165) is 6.92 Å². The van der Waals surface area contributed by atoms with Crippen molar-refractivity contribution in [2.24, 2.45) is 29.0 Å². The van der Waals surface area contributed by atoms with E-state index in [9.17, 15) is 111 Å². The predicted molar refractivity (Wildman–Crippen MR) is 439 cm³/mol. The molecule has 1 aliphatic carbocycles. The number of phenolic OH excluding ortho intramolecular Hbond substituents is 1. The van der Waals surface area contributed by atoms with Crippen LogP contribution in [0.1, 0.15) is 121 Å². The zero-order chi connectivity index (χ0) is 98.0. The van der Waals surface area contributed by atoms with Crippen LogP contribution in [0, 0.1) is 36.1 Å². The first-order chi connectivity index (χ1) is 61.0. The van der Waals surface area contributed by atoms with Gasteiger partial charge in [0.1, 0.15) is 72.0 Å². The van der Waals surface area contributed by atoms with Crippen molar-refractivity contribution in [2.45, 2.75) is 202 Å². The fraction of sp³-hybridized carbons (Fsp3) is 0.476. The number of guanidine groups is 2. The van der Waals surface area contributed by atoms with Crippen LogP contribution in [0.25, 0.3) is 55.7 Å². The van der Waals surface area contributed by atoms with Gasteiger partial charge in [0.2, 0.25) is 53.2 Å². The van der Waals surface area contributed by atoms with Crippen molar-refractivity contribution >= 4 is 87.9 Å². The molecule has 1 radical (unpaired) electrons. The number of nitrogens with one attached hydrogen (secondary N) is 13. The summed E-state index contributed by atoms with van der Waals surface area (Å²) in [5, 5.41) is 63.8. The maximum absolute atomic E-state index is 15.4. The van der Waals surface area contributed by atoms with Gasteiger partial charge in [-0.1, -0.05) is 45.9 Å². The molecular weight excluding hydrogens is 1780 g/mol. The third-order valence-electron chi connectivity index (χ3n) is 20.7. The highest BCUT2D eigenvalue weighted by Crippen LogP contribution is 2.63. The van der Waals surface area contributed by atoms with Gasteiger partial charge in [0, 0.05) is 107 Å². The van der Waals surface area contributed by atoms with Crippen LogP contribution in [0.4, 0.5) is 65.9 Å². The number of phenols is 1. The number of primary amides is 1. The Morgan fingerprint density at radius 1 is 0.542 bits per heavy atom. The molecule has 8 atom stereocenters. The van der Waals surface area contributed by atoms with Crippen molar-refractivity contribution in [1.82, 2.24) is 73.4 Å². The van der Waals surface area contributed by atoms with Crippen molar-refractivity contribution < 1.29 is 133 Å². The van der Waals surface area contributed by atoms with Crippen LogP contribution in [-0.2, 0) is 47.9 Å². The number of aryl methyl sites for hydroxylation is 1. The standard InChI is InChI=1S/C82H97F15N19O15/c1-39(2)28-54(66(123)108-37-62(98)120)113-71(128)56(38-117)115-64(121)42(6)109-67(124)52(17-11-25-106-74(99)100)111-68(125)53(18-12-26-107-75(101)102)112-70(127)55(29-40(3)4)114-69(126)51(16-7-8-24-105-72(129)57-19-13-27-116(57)73(130)76(83,84)77(85,86)78(87,88)79(89,90)80(91,92)81(93,94)82(95,96)97)110-65(122)43-20-21-46(41(5)30-43)63-49-31-47(44-14-9-22-103-35-44)58(118)33-60(49)131-61-34-59(119)48(32-50(61)63)45-15-10-23-104-36-45/h9-10,14-15,20-23,30-37,39-40,42,51-57,117-118H,7-8,11-13,16-19,24-29,38H2,1-6H3,(H2,98,120)(H,105,129)(H,108,123)(H,109,124)(H,110,122)(H,111,125)(H,112,127)(H,113,128)(H,114,126)(H,115,121)(H4,99,100,106)(H4,101,102,107). The molecule has 2 aromatic heterocycles. The van der Waals surface area contributed by atoms with Crippen LogP contribution in [0.2, 0.25) is 0 Å². The quantitative estimate of drug-likeness (QED) is 0.00710. The third kappa shape index (κ3) is 25.3. The summed E-state index contributed by atoms with van der Waals surface area (Å²) in [5.41, 5.74) is 18.3. The molecular formula is C82H97F15N19O15. The predicted octanol–water partition coefficient (Wildman–Crippen LogP) is 5.76. The van der Waals surface area contributed by atoms with Crippen LogP contribution in [0.5, 0.6) is 5.75 Å². The maximum Gasteiger partial charge on any atom is 0.460 e. The summed E-state index contributed by atoms with van der Waals surface area (Å²) in [7, 11) is 0. The Hall–Kier alpha value is -13.2. The number of aliphatic hydroxyl groups excluding tert-OH is 1. The Labute approximate surface area is 736 Å². The van der Waals surface area contributed by atoms with Gasteiger partial charge in [0.15, 0.2) is 17.3 Å². The Bertz CT molecular complexity index is 5190. The number of unbranched alkanes of at least 4 members (excludes halogenated alkanes) is 1. The van der Waals surface area contributed by atoms with Gasteiger partial charge in [0.25, 0.3) is 5.91 Å². The second-order valence-corrected chi connectivity index (χ2v) is 31.6. The minimum Gasteiger partial charge on any atom is -0.507 e. The molecule has 7 rings (SSSR count). The molecule has 1 saturated heterocycles. The minimum atomic E-state index is -8.71. The first kappa shape index (κ1) is 105. The SMILES string of the molecule is Cc1cc(C(=O)NC(CCCCNC(=O)C2CCCN2C(=O)C(F)(F)C(F)(F)C(F)(F)C(F)(F)C(F)(F)C(F)(F)C(F)(F)F)C(=O)NC(CC(C)C)C(=O)NC(CCCNC(=N)N)C(=O)NC(CCCNC(=N)N)C(=O)NC(C)C(=O)NC(CO)C(=O)NC(CC(C)C)C(=O)N[CH]C(N)=O)ccc1-c1c2cc(-c3cccnc3)c(=O)cc-2oc2cc(O)c(-c3cccnc3)cc12. The van der Waals surface area contributed by atoms with Gasteiger partial charge >= 0.3 is 47.6 Å². The van der Waals surface area contributed by atoms with Gasteiger partial charge in [-0.25, -0.2) is 0 Å². The molecule has 3 aliphatic rings. The molecule has 0 spiro atoms. The molecule has 0 bridgehead atoms. The monoisotopic (exact) mass is 1870 g/mol. The van der Waals surface area contributed by atoms with Crippen LogP contribution >= 0.6 is 0 Å². The molecule has 131 heavy (non-hydrogen) atoms. The molecule has 11 amide bonds. The Kier molecular flexibility index (Phi) is 35.2. The fourth-order valence-electron chi connectivity index (χ4n) is 13.9. The van der Waals surface area contributed by atoms with E-state index in [-0.39, 0.29) is 104 Å². The molecule has 1 fully saturated rings. The second-order valence-electron chi connectivity index (χ2n) is 31.6. The molecule has 715 valence electrons. The largest absolute Gasteiger partial charge is 0.507 e. The molecule has 34 nitrogen and oxygen atoms in total. The maximum atomic E-state index is 15.4. The normalized spacial score (nSPS) is 15.1. The number of aromatic hydroxyl groups is 1. The number of aliphatic hydroxyl groups is 1. The van der Waals surface area contributed by atoms with Gasteiger partial charge in [-0.15, -0.1) is 0 Å². The molecule has 21 N–H and O–H groups in total. The zero-order valence-corrected chi connectivity index (χ0v) is 70.8. The Balaban J connectivity index is 1.20. The fourth-order valence-corrected chi connectivity index (χ4v) is 13.9. The number of hydrogen-bond acceptors (Lipinski definition) is 19. The van der Waals surface area contributed by atoms with E-state index in [0.29, 0.717) is 45.3 Å². The number of halogens is 15. The van der Waals surface area contributed by atoms with Crippen molar-refractivity contribution in [3.63, 3.8) is 0 Å². The van der Waals surface area contributed by atoms with E-state index in [2.05, 4.69) is 68.5 Å². The Morgan fingerprint density at radius 3 is 1.53 bits per heavy atom. The number of fused-ring (bicyclic) bond motifs is 2. The number of hydrogen-bond donors (Lipinski definition) is 18. The van der Waals surface area contributed by atoms with Gasteiger partial charge in [-0.05, 0) is 144 Å². The summed E-state index contributed by atoms with van der Waals surface area (Å²) in [6.45, 7) is 6.69. The smallest absolute Gasteiger partial charge is 0.460 e. The van der Waals surface area contributed by atoms with Crippen LogP contribution in [0.15, 0.2) is 101 Å². The van der Waals surface area contributed by atoms with Crippen LogP contribution in [0.3, 0.4) is 0 Å². The molecule has 2 aromatic carbocycles. The summed E-state index contributed by atoms with van der Waals surface area (Å²) in [4.78, 5) is 174. The van der Waals surface area contributed by atoms with Crippen molar-refractivity contribution in [2.75, 3.05) is 32.8 Å². The third-order valence-corrected chi connectivity index (χ3v) is 20.7. The lowest BCUT2D eigenvalue weighted by Crippen LogP contribution is -2.74. The summed E-state index contributed by atoms with van der Waals surface area (Å²) in [6, 6.07) is 2.56. The van der Waals surface area contributed by atoms with Crippen LogP contribution in [-0.4, -0.2) is 225 Å². The van der Waals surface area contributed by atoms with Crippen molar-refractivity contribution in [1.29, 1.82) is 10.8 Å². The lowest BCUT2D eigenvalue weighted by molar-refractivity contribution is -0.449. The van der Waals surface area contributed by atoms with Gasteiger partial charge in [-0.2, -0.15) is 65.9 Å². The summed E-state index contributed by atoms with van der Waals surface area (Å²) >= 11 is 0. The number of amides is 11. The van der Waals surface area contributed by atoms with E-state index in [4.69, 9.17) is 32.4 Å². The highest BCUT2D eigenvalue weighted by Gasteiger charge is 2.94.